The third kappa shape index (κ3) is 3.70. The van der Waals surface area contributed by atoms with Gasteiger partial charge in [-0.1, -0.05) is 46.3 Å². The van der Waals surface area contributed by atoms with Crippen LogP contribution in [0.3, 0.4) is 0 Å². The molecular formula is C32H42O9. The van der Waals surface area contributed by atoms with Crippen molar-refractivity contribution >= 4 is 17.9 Å². The minimum Gasteiger partial charge on any atom is -0.472 e. The van der Waals surface area contributed by atoms with Crippen molar-refractivity contribution in [2.75, 3.05) is 13.7 Å². The summed E-state index contributed by atoms with van der Waals surface area (Å²) in [5.41, 5.74) is -0.155. The fourth-order valence-electron chi connectivity index (χ4n) is 9.34. The summed E-state index contributed by atoms with van der Waals surface area (Å²) in [7, 11) is 1.37. The summed E-state index contributed by atoms with van der Waals surface area (Å²) in [6.07, 6.45) is 6.45. The largest absolute Gasteiger partial charge is 0.472 e. The molecule has 9 nitrogen and oxygen atoms in total. The number of cyclic esters (lactones) is 1. The molecule has 4 bridgehead atoms. The van der Waals surface area contributed by atoms with Gasteiger partial charge in [0.1, 0.15) is 12.2 Å². The topological polar surface area (TPSA) is 122 Å². The Balaban J connectivity index is 1.51. The lowest BCUT2D eigenvalue weighted by Gasteiger charge is -2.73. The molecule has 0 amide bonds. The van der Waals surface area contributed by atoms with E-state index in [2.05, 4.69) is 13.0 Å². The zero-order valence-electron chi connectivity index (χ0n) is 24.8. The van der Waals surface area contributed by atoms with Crippen LogP contribution in [0.15, 0.2) is 34.7 Å². The molecule has 1 aromatic heterocycles. The highest BCUT2D eigenvalue weighted by atomic mass is 16.6. The molecule has 11 atom stereocenters. The van der Waals surface area contributed by atoms with Crippen molar-refractivity contribution in [3.05, 3.63) is 35.8 Å². The van der Waals surface area contributed by atoms with Crippen molar-refractivity contribution < 1.29 is 42.9 Å². The quantitative estimate of drug-likeness (QED) is 0.294. The lowest BCUT2D eigenvalue weighted by molar-refractivity contribution is -0.428. The highest BCUT2D eigenvalue weighted by Crippen LogP contribution is 2.74. The molecule has 1 unspecified atom stereocenters. The number of ether oxygens (including phenoxy) is 4. The molecule has 1 N–H and O–H groups in total. The summed E-state index contributed by atoms with van der Waals surface area (Å²) >= 11 is 0. The molecule has 1 aromatic rings. The van der Waals surface area contributed by atoms with Crippen LogP contribution >= 0.6 is 0 Å². The number of aliphatic hydroxyl groups is 1. The van der Waals surface area contributed by atoms with E-state index >= 15 is 0 Å². The zero-order valence-corrected chi connectivity index (χ0v) is 24.8. The molecule has 224 valence electrons. The van der Waals surface area contributed by atoms with Crippen LogP contribution in [0.4, 0.5) is 0 Å². The van der Waals surface area contributed by atoms with Gasteiger partial charge < -0.3 is 28.5 Å². The van der Waals surface area contributed by atoms with E-state index in [0.717, 1.165) is 17.6 Å². The van der Waals surface area contributed by atoms with Crippen LogP contribution in [0.1, 0.15) is 78.4 Å². The highest BCUT2D eigenvalue weighted by Gasteiger charge is 2.79. The zero-order chi connectivity index (χ0) is 29.5. The average Bonchev–Trinajstić information content (AvgIpc) is 3.48. The first-order valence-electron chi connectivity index (χ1n) is 14.9. The van der Waals surface area contributed by atoms with Gasteiger partial charge in [-0.25, -0.2) is 0 Å². The first kappa shape index (κ1) is 28.5. The molecule has 3 aliphatic heterocycles. The van der Waals surface area contributed by atoms with Crippen molar-refractivity contribution in [2.45, 2.75) is 84.7 Å². The number of hydrogen-bond donors (Lipinski definition) is 1. The van der Waals surface area contributed by atoms with Gasteiger partial charge >= 0.3 is 17.9 Å². The minimum absolute atomic E-state index is 0.0602. The Hall–Kier alpha value is -2.65. The Labute approximate surface area is 240 Å². The summed E-state index contributed by atoms with van der Waals surface area (Å²) in [5.74, 6) is -4.34. The average molecular weight is 571 g/mol. The maximum Gasteiger partial charge on any atom is 0.308 e. The number of methoxy groups -OCH3 is 1. The van der Waals surface area contributed by atoms with Gasteiger partial charge in [0.25, 0.3) is 0 Å². The molecule has 0 spiro atoms. The summed E-state index contributed by atoms with van der Waals surface area (Å²) in [4.78, 5) is 39.2. The van der Waals surface area contributed by atoms with Gasteiger partial charge in [0.05, 0.1) is 44.5 Å². The summed E-state index contributed by atoms with van der Waals surface area (Å²) in [6, 6.07) is 1.84. The van der Waals surface area contributed by atoms with Crippen molar-refractivity contribution in [2.24, 2.45) is 45.8 Å². The van der Waals surface area contributed by atoms with Crippen LogP contribution in [-0.2, 0) is 33.3 Å². The monoisotopic (exact) mass is 570 g/mol. The second-order valence-electron chi connectivity index (χ2n) is 13.7. The Morgan fingerprint density at radius 3 is 2.61 bits per heavy atom. The van der Waals surface area contributed by atoms with E-state index in [0.29, 0.717) is 12.8 Å². The molecule has 3 saturated heterocycles. The van der Waals surface area contributed by atoms with Gasteiger partial charge in [-0.3, -0.25) is 14.4 Å². The minimum atomic E-state index is -1.66. The number of esters is 3. The number of furan rings is 1. The Bertz CT molecular complexity index is 1270. The first-order valence-corrected chi connectivity index (χ1v) is 14.9. The van der Waals surface area contributed by atoms with Gasteiger partial charge in [-0.15, -0.1) is 0 Å². The van der Waals surface area contributed by atoms with Crippen LogP contribution < -0.4 is 0 Å². The molecule has 0 radical (unpaired) electrons. The Morgan fingerprint density at radius 2 is 1.95 bits per heavy atom. The molecule has 7 rings (SSSR count). The van der Waals surface area contributed by atoms with E-state index in [1.54, 1.807) is 12.5 Å². The molecule has 9 heteroatoms. The van der Waals surface area contributed by atoms with Crippen molar-refractivity contribution in [3.63, 3.8) is 0 Å². The number of rotatable bonds is 6. The molecule has 4 heterocycles. The van der Waals surface area contributed by atoms with Crippen LogP contribution in [0.25, 0.3) is 0 Å². The van der Waals surface area contributed by atoms with Crippen LogP contribution in [0.5, 0.6) is 0 Å². The van der Waals surface area contributed by atoms with Gasteiger partial charge in [-0.2, -0.15) is 0 Å². The van der Waals surface area contributed by atoms with Gasteiger partial charge in [0, 0.05) is 28.2 Å². The molecule has 5 fully saturated rings. The highest BCUT2D eigenvalue weighted by molar-refractivity contribution is 5.73. The molecule has 3 aliphatic carbocycles. The van der Waals surface area contributed by atoms with E-state index in [9.17, 15) is 19.5 Å². The van der Waals surface area contributed by atoms with Gasteiger partial charge in [0.15, 0.2) is 5.79 Å². The fraction of sp³-hybridized carbons (Fsp3) is 0.719. The second-order valence-corrected chi connectivity index (χ2v) is 13.7. The normalized spacial score (nSPS) is 45.0. The van der Waals surface area contributed by atoms with E-state index in [-0.39, 0.29) is 55.1 Å². The van der Waals surface area contributed by atoms with Gasteiger partial charge in [0.2, 0.25) is 0 Å². The van der Waals surface area contributed by atoms with Crippen LogP contribution in [-0.4, -0.2) is 48.6 Å². The van der Waals surface area contributed by atoms with Crippen molar-refractivity contribution in [3.8, 4) is 0 Å². The van der Waals surface area contributed by atoms with Gasteiger partial charge in [-0.05, 0) is 43.1 Å². The number of carbonyl (C=O) groups excluding carboxylic acids is 3. The predicted molar refractivity (Wildman–Crippen MR) is 145 cm³/mol. The molecular weight excluding hydrogens is 528 g/mol. The molecule has 6 aliphatic rings. The van der Waals surface area contributed by atoms with E-state index in [1.165, 1.54) is 7.11 Å². The van der Waals surface area contributed by atoms with Crippen molar-refractivity contribution in [1.29, 1.82) is 0 Å². The molecule has 41 heavy (non-hydrogen) atoms. The van der Waals surface area contributed by atoms with E-state index in [1.807, 2.05) is 33.8 Å². The van der Waals surface area contributed by atoms with Crippen LogP contribution in [0.2, 0.25) is 0 Å². The number of fused-ring (bicyclic) bond motifs is 4. The molecule has 2 saturated carbocycles. The number of allylic oxidation sites excluding steroid dienone is 1. The Morgan fingerprint density at radius 1 is 1.20 bits per heavy atom. The van der Waals surface area contributed by atoms with Crippen LogP contribution in [0, 0.1) is 45.8 Å². The number of carbonyl (C=O) groups is 3. The smallest absolute Gasteiger partial charge is 0.308 e. The third-order valence-corrected chi connectivity index (χ3v) is 11.9. The maximum atomic E-state index is 13.2. The number of hydrogen-bond acceptors (Lipinski definition) is 9. The predicted octanol–water partition coefficient (Wildman–Crippen LogP) is 4.74. The lowest BCUT2D eigenvalue weighted by Crippen LogP contribution is -2.80. The van der Waals surface area contributed by atoms with E-state index < -0.39 is 46.1 Å². The van der Waals surface area contributed by atoms with Crippen molar-refractivity contribution in [1.82, 2.24) is 0 Å². The standard InChI is InChI=1S/C32H42O9/c1-7-17(2)28(35)41-27-22-12-19-20(31(5)23(14-24(33)37-6)30(27,4)16-39-32(22,31)36)8-10-29(3)21(19)13-25(34)40-26(29)18-9-11-38-15-18/h9,11-12,15,17,20-23,26-27,36H,7-8,10,13-14,16H2,1-6H3/t17?,20-,21-,22-,23-,26-,27+,29+,30-,31+,32+/m0/s1. The summed E-state index contributed by atoms with van der Waals surface area (Å²) in [5, 5.41) is 12.5. The summed E-state index contributed by atoms with van der Waals surface area (Å²) < 4.78 is 29.1. The molecule has 0 aromatic carbocycles. The fourth-order valence-corrected chi connectivity index (χ4v) is 9.34. The first-order chi connectivity index (χ1) is 19.3. The third-order valence-electron chi connectivity index (χ3n) is 11.9. The SMILES string of the molecule is CCC(C)C(=O)O[C@@H]1[C@@H]2C=C3[C@@H]4CC(=O)O[C@@H](c5ccoc5)[C@]4(C)CC[C@@H]3[C@]3(C)[C@@H](CC(=O)OC)[C@]1(C)CO[C@]23O. The second kappa shape index (κ2) is 9.43. The maximum absolute atomic E-state index is 13.2. The summed E-state index contributed by atoms with van der Waals surface area (Å²) in [6.45, 7) is 10.1. The lowest BCUT2D eigenvalue weighted by atomic mass is 9.37. The Kier molecular flexibility index (Phi) is 6.55. The van der Waals surface area contributed by atoms with E-state index in [4.69, 9.17) is 23.4 Å².